The Labute approximate surface area is 115 Å². The highest BCUT2D eigenvalue weighted by atomic mass is 79.9. The van der Waals surface area contributed by atoms with Crippen molar-refractivity contribution in [2.24, 2.45) is 0 Å². The van der Waals surface area contributed by atoms with E-state index in [2.05, 4.69) is 21.2 Å². The van der Waals surface area contributed by atoms with E-state index in [1.807, 2.05) is 0 Å². The monoisotopic (exact) mass is 319 g/mol. The number of ether oxygens (including phenoxy) is 1. The third-order valence-electron chi connectivity index (χ3n) is 2.23. The molecule has 0 aromatic heterocycles. The summed E-state index contributed by atoms with van der Waals surface area (Å²) >= 11 is 9.26. The Balaban J connectivity index is 2.44. The third kappa shape index (κ3) is 5.06. The molecule has 0 fully saturated rings. The molecule has 0 radical (unpaired) electrons. The maximum absolute atomic E-state index is 11.8. The van der Waals surface area contributed by atoms with E-state index < -0.39 is 0 Å². The van der Waals surface area contributed by atoms with Crippen LogP contribution in [0.4, 0.5) is 0 Å². The lowest BCUT2D eigenvalue weighted by Crippen LogP contribution is -2.24. The van der Waals surface area contributed by atoms with Crippen molar-refractivity contribution < 1.29 is 9.53 Å². The van der Waals surface area contributed by atoms with Gasteiger partial charge < -0.3 is 10.1 Å². The first-order valence-electron chi connectivity index (χ1n) is 5.37. The Kier molecular flexibility index (Phi) is 6.55. The van der Waals surface area contributed by atoms with Crippen molar-refractivity contribution in [3.05, 3.63) is 33.3 Å². The van der Waals surface area contributed by atoms with Gasteiger partial charge in [-0.15, -0.1) is 0 Å². The van der Waals surface area contributed by atoms with Gasteiger partial charge in [0.25, 0.3) is 5.91 Å². The van der Waals surface area contributed by atoms with E-state index in [1.165, 1.54) is 0 Å². The molecule has 0 saturated carbocycles. The second-order valence-corrected chi connectivity index (χ2v) is 4.90. The average molecular weight is 321 g/mol. The fourth-order valence-corrected chi connectivity index (χ4v) is 1.90. The van der Waals surface area contributed by atoms with Crippen molar-refractivity contribution in [1.82, 2.24) is 5.32 Å². The maximum Gasteiger partial charge on any atom is 0.252 e. The summed E-state index contributed by atoms with van der Waals surface area (Å²) in [7, 11) is 1.67. The van der Waals surface area contributed by atoms with Crippen LogP contribution in [0.5, 0.6) is 0 Å². The van der Waals surface area contributed by atoms with Crippen LogP contribution in [-0.4, -0.2) is 26.2 Å². The van der Waals surface area contributed by atoms with Crippen molar-refractivity contribution in [3.63, 3.8) is 0 Å². The predicted molar refractivity (Wildman–Crippen MR) is 72.6 cm³/mol. The Hall–Kier alpha value is -0.580. The number of halogens is 2. The fourth-order valence-electron chi connectivity index (χ4n) is 1.34. The van der Waals surface area contributed by atoms with Crippen LogP contribution in [0, 0.1) is 0 Å². The lowest BCUT2D eigenvalue weighted by molar-refractivity contribution is 0.0951. The van der Waals surface area contributed by atoms with Gasteiger partial charge in [0, 0.05) is 24.7 Å². The summed E-state index contributed by atoms with van der Waals surface area (Å²) in [4.78, 5) is 11.8. The van der Waals surface area contributed by atoms with E-state index in [0.29, 0.717) is 23.7 Å². The van der Waals surface area contributed by atoms with E-state index >= 15 is 0 Å². The lowest BCUT2D eigenvalue weighted by atomic mass is 10.2. The Morgan fingerprint density at radius 2 is 2.24 bits per heavy atom. The Bertz CT molecular complexity index is 385. The van der Waals surface area contributed by atoms with E-state index in [-0.39, 0.29) is 5.91 Å². The molecule has 1 N–H and O–H groups in total. The number of unbranched alkanes of at least 4 members (excludes halogenated alkanes) is 1. The van der Waals surface area contributed by atoms with Gasteiger partial charge in [-0.3, -0.25) is 4.79 Å². The highest BCUT2D eigenvalue weighted by Gasteiger charge is 2.09. The molecule has 0 spiro atoms. The van der Waals surface area contributed by atoms with Gasteiger partial charge >= 0.3 is 0 Å². The number of rotatable bonds is 6. The van der Waals surface area contributed by atoms with Gasteiger partial charge in [-0.05, 0) is 31.0 Å². The Morgan fingerprint density at radius 3 is 2.94 bits per heavy atom. The summed E-state index contributed by atoms with van der Waals surface area (Å²) in [5.41, 5.74) is 0.493. The van der Waals surface area contributed by atoms with Crippen LogP contribution in [0.2, 0.25) is 5.02 Å². The molecular formula is C12H15BrClNO2. The van der Waals surface area contributed by atoms with Gasteiger partial charge in [-0.2, -0.15) is 0 Å². The summed E-state index contributed by atoms with van der Waals surface area (Å²) < 4.78 is 5.77. The first kappa shape index (κ1) is 14.5. The fraction of sp³-hybridized carbons (Fsp3) is 0.417. The smallest absolute Gasteiger partial charge is 0.252 e. The molecule has 0 atom stereocenters. The van der Waals surface area contributed by atoms with E-state index in [4.69, 9.17) is 16.3 Å². The predicted octanol–water partition coefficient (Wildman–Crippen LogP) is 3.26. The molecule has 1 rings (SSSR count). The van der Waals surface area contributed by atoms with Gasteiger partial charge in [-0.25, -0.2) is 0 Å². The van der Waals surface area contributed by atoms with Gasteiger partial charge in [0.2, 0.25) is 0 Å². The molecule has 0 aliphatic carbocycles. The highest BCUT2D eigenvalue weighted by Crippen LogP contribution is 2.20. The first-order valence-corrected chi connectivity index (χ1v) is 6.54. The van der Waals surface area contributed by atoms with Crippen LogP contribution in [0.1, 0.15) is 23.2 Å². The molecule has 1 aromatic carbocycles. The third-order valence-corrected chi connectivity index (χ3v) is 3.06. The minimum Gasteiger partial charge on any atom is -0.385 e. The number of hydrogen-bond donors (Lipinski definition) is 1. The van der Waals surface area contributed by atoms with Crippen LogP contribution in [0.3, 0.4) is 0 Å². The molecule has 0 aliphatic rings. The number of carbonyl (C=O) groups excluding carboxylic acids is 1. The van der Waals surface area contributed by atoms with Crippen molar-refractivity contribution >= 4 is 33.4 Å². The van der Waals surface area contributed by atoms with E-state index in [9.17, 15) is 4.79 Å². The molecule has 0 unspecified atom stereocenters. The van der Waals surface area contributed by atoms with Crippen LogP contribution < -0.4 is 5.32 Å². The molecule has 1 aromatic rings. The van der Waals surface area contributed by atoms with Gasteiger partial charge in [-0.1, -0.05) is 27.5 Å². The number of hydrogen-bond acceptors (Lipinski definition) is 2. The molecule has 0 aliphatic heterocycles. The molecular weight excluding hydrogens is 305 g/mol. The van der Waals surface area contributed by atoms with Crippen LogP contribution in [0.25, 0.3) is 0 Å². The molecule has 5 heteroatoms. The maximum atomic E-state index is 11.8. The largest absolute Gasteiger partial charge is 0.385 e. The SMILES string of the molecule is COCCCCNC(=O)c1cc(Br)ccc1Cl. The quantitative estimate of drug-likeness (QED) is 0.817. The summed E-state index contributed by atoms with van der Waals surface area (Å²) in [6.07, 6.45) is 1.83. The van der Waals surface area contributed by atoms with Gasteiger partial charge in [0.1, 0.15) is 0 Å². The van der Waals surface area contributed by atoms with Crippen molar-refractivity contribution in [2.75, 3.05) is 20.3 Å². The minimum atomic E-state index is -0.145. The number of methoxy groups -OCH3 is 1. The number of amides is 1. The van der Waals surface area contributed by atoms with E-state index in [0.717, 1.165) is 17.3 Å². The van der Waals surface area contributed by atoms with Crippen molar-refractivity contribution in [1.29, 1.82) is 0 Å². The van der Waals surface area contributed by atoms with Crippen LogP contribution >= 0.6 is 27.5 Å². The summed E-state index contributed by atoms with van der Waals surface area (Å²) in [5.74, 6) is -0.145. The van der Waals surface area contributed by atoms with E-state index in [1.54, 1.807) is 25.3 Å². The average Bonchev–Trinajstić information content (AvgIpc) is 2.32. The second kappa shape index (κ2) is 7.69. The zero-order chi connectivity index (χ0) is 12.7. The zero-order valence-corrected chi connectivity index (χ0v) is 12.0. The zero-order valence-electron chi connectivity index (χ0n) is 9.63. The molecule has 0 heterocycles. The van der Waals surface area contributed by atoms with Gasteiger partial charge in [0.05, 0.1) is 10.6 Å². The summed E-state index contributed by atoms with van der Waals surface area (Å²) in [5, 5.41) is 3.29. The normalized spacial score (nSPS) is 10.3. The number of carbonyl (C=O) groups is 1. The molecule has 0 bridgehead atoms. The number of nitrogens with one attached hydrogen (secondary N) is 1. The van der Waals surface area contributed by atoms with Crippen molar-refractivity contribution in [2.45, 2.75) is 12.8 Å². The minimum absolute atomic E-state index is 0.145. The van der Waals surface area contributed by atoms with Gasteiger partial charge in [0.15, 0.2) is 0 Å². The lowest BCUT2D eigenvalue weighted by Gasteiger charge is -2.07. The second-order valence-electron chi connectivity index (χ2n) is 3.58. The molecule has 0 saturated heterocycles. The molecule has 3 nitrogen and oxygen atoms in total. The molecule has 94 valence electrons. The number of benzene rings is 1. The molecule has 17 heavy (non-hydrogen) atoms. The van der Waals surface area contributed by atoms with Crippen LogP contribution in [0.15, 0.2) is 22.7 Å². The Morgan fingerprint density at radius 1 is 1.47 bits per heavy atom. The van der Waals surface area contributed by atoms with Crippen LogP contribution in [-0.2, 0) is 4.74 Å². The summed E-state index contributed by atoms with van der Waals surface area (Å²) in [6, 6.07) is 5.22. The highest BCUT2D eigenvalue weighted by molar-refractivity contribution is 9.10. The van der Waals surface area contributed by atoms with Crippen molar-refractivity contribution in [3.8, 4) is 0 Å². The summed E-state index contributed by atoms with van der Waals surface area (Å²) in [6.45, 7) is 1.35. The molecule has 1 amide bonds. The standard InChI is InChI=1S/C12H15BrClNO2/c1-17-7-3-2-6-15-12(16)10-8-9(13)4-5-11(10)14/h4-5,8H,2-3,6-7H2,1H3,(H,15,16). The topological polar surface area (TPSA) is 38.3 Å². The first-order chi connectivity index (χ1) is 8.15.